The van der Waals surface area contributed by atoms with Gasteiger partial charge in [0.1, 0.15) is 11.9 Å². The zero-order valence-electron chi connectivity index (χ0n) is 18.4. The maximum Gasteiger partial charge on any atom is 0.174 e. The first kappa shape index (κ1) is 20.2. The lowest BCUT2D eigenvalue weighted by Crippen LogP contribution is -2.23. The molecule has 0 saturated carbocycles. The summed E-state index contributed by atoms with van der Waals surface area (Å²) >= 11 is 0. The zero-order valence-corrected chi connectivity index (χ0v) is 18.4. The monoisotopic (exact) mass is 427 g/mol. The second-order valence-electron chi connectivity index (χ2n) is 7.90. The van der Waals surface area contributed by atoms with Crippen molar-refractivity contribution in [1.82, 2.24) is 24.3 Å². The van der Waals surface area contributed by atoms with Gasteiger partial charge >= 0.3 is 0 Å². The summed E-state index contributed by atoms with van der Waals surface area (Å²) in [6.45, 7) is 5.36. The summed E-state index contributed by atoms with van der Waals surface area (Å²) in [5.74, 6) is 2.27. The summed E-state index contributed by atoms with van der Waals surface area (Å²) in [4.78, 5) is 9.05. The van der Waals surface area contributed by atoms with Gasteiger partial charge in [-0.25, -0.2) is 14.6 Å². The fourth-order valence-corrected chi connectivity index (χ4v) is 3.85. The average Bonchev–Trinajstić information content (AvgIpc) is 3.43. The smallest absolute Gasteiger partial charge is 0.174 e. The Morgan fingerprint density at radius 2 is 1.94 bits per heavy atom. The number of ether oxygens (including phenoxy) is 2. The quantitative estimate of drug-likeness (QED) is 0.473. The molecule has 0 fully saturated rings. The van der Waals surface area contributed by atoms with Gasteiger partial charge in [-0.15, -0.1) is 0 Å². The highest BCUT2D eigenvalue weighted by molar-refractivity contribution is 5.69. The molecule has 2 aromatic carbocycles. The molecule has 0 aliphatic carbocycles. The number of nitrogens with zero attached hydrogens (tertiary/aromatic N) is 5. The molecule has 1 aliphatic heterocycles. The molecule has 4 aromatic rings. The molecule has 5 rings (SSSR count). The van der Waals surface area contributed by atoms with Crippen molar-refractivity contribution in [3.8, 4) is 11.4 Å². The van der Waals surface area contributed by atoms with Gasteiger partial charge in [-0.3, -0.25) is 0 Å². The Kier molecular flexibility index (Phi) is 5.33. The highest BCUT2D eigenvalue weighted by Gasteiger charge is 2.26. The molecule has 2 aromatic heterocycles. The first-order valence-corrected chi connectivity index (χ1v) is 10.6. The Bertz CT molecular complexity index is 1270. The summed E-state index contributed by atoms with van der Waals surface area (Å²) in [6, 6.07) is 14.4. The summed E-state index contributed by atoms with van der Waals surface area (Å²) < 4.78 is 15.5. The minimum Gasteiger partial charge on any atom is -0.495 e. The number of methoxy groups -OCH3 is 1. The summed E-state index contributed by atoms with van der Waals surface area (Å²) in [5, 5.41) is 4.66. The number of rotatable bonds is 5. The molecule has 0 unspecified atom stereocenters. The van der Waals surface area contributed by atoms with E-state index in [0.29, 0.717) is 19.0 Å². The normalized spacial score (nSPS) is 15.8. The number of aromatic nitrogens is 5. The molecular weight excluding hydrogens is 402 g/mol. The maximum atomic E-state index is 6.02. The van der Waals surface area contributed by atoms with Crippen molar-refractivity contribution in [3.05, 3.63) is 89.0 Å². The first-order valence-electron chi connectivity index (χ1n) is 10.6. The van der Waals surface area contributed by atoms with Crippen LogP contribution in [-0.4, -0.2) is 38.0 Å². The molecule has 0 radical (unpaired) electrons. The largest absolute Gasteiger partial charge is 0.495 e. The highest BCUT2D eigenvalue weighted by atomic mass is 16.5. The molecule has 0 amide bonds. The number of aryl methyl sites for hydroxylation is 2. The second kappa shape index (κ2) is 8.43. The zero-order chi connectivity index (χ0) is 22.1. The molecule has 1 aliphatic rings. The van der Waals surface area contributed by atoms with Gasteiger partial charge in [0.15, 0.2) is 11.6 Å². The van der Waals surface area contributed by atoms with Gasteiger partial charge in [0, 0.05) is 6.20 Å². The van der Waals surface area contributed by atoms with E-state index in [9.17, 15) is 0 Å². The van der Waals surface area contributed by atoms with Crippen LogP contribution in [-0.2, 0) is 11.3 Å². The Balaban J connectivity index is 1.40. The van der Waals surface area contributed by atoms with E-state index in [1.807, 2.05) is 52.7 Å². The predicted molar refractivity (Wildman–Crippen MR) is 123 cm³/mol. The third-order valence-corrected chi connectivity index (χ3v) is 5.54. The molecule has 32 heavy (non-hydrogen) atoms. The van der Waals surface area contributed by atoms with E-state index in [0.717, 1.165) is 34.1 Å². The molecular formula is C25H25N5O2. The van der Waals surface area contributed by atoms with Crippen LogP contribution in [0.2, 0.25) is 0 Å². The minimum absolute atomic E-state index is 0.197. The molecule has 0 spiro atoms. The minimum atomic E-state index is -0.197. The van der Waals surface area contributed by atoms with Crippen LogP contribution in [0.4, 0.5) is 0 Å². The average molecular weight is 428 g/mol. The predicted octanol–water partition coefficient (Wildman–Crippen LogP) is 4.38. The fourth-order valence-electron chi connectivity index (χ4n) is 3.85. The van der Waals surface area contributed by atoms with Crippen LogP contribution in [0.5, 0.6) is 5.75 Å². The van der Waals surface area contributed by atoms with Crippen molar-refractivity contribution < 1.29 is 9.47 Å². The molecule has 7 heteroatoms. The van der Waals surface area contributed by atoms with Crippen LogP contribution in [0.25, 0.3) is 17.8 Å². The van der Waals surface area contributed by atoms with Gasteiger partial charge in [-0.1, -0.05) is 42.0 Å². The van der Waals surface area contributed by atoms with Gasteiger partial charge in [0.2, 0.25) is 0 Å². The summed E-state index contributed by atoms with van der Waals surface area (Å²) in [5.41, 5.74) is 5.22. The lowest BCUT2D eigenvalue weighted by atomic mass is 10.1. The fraction of sp³-hybridized carbons (Fsp3) is 0.240. The maximum absolute atomic E-state index is 6.02. The van der Waals surface area contributed by atoms with Crippen molar-refractivity contribution in [3.63, 3.8) is 0 Å². The molecule has 0 bridgehead atoms. The molecule has 7 nitrogen and oxygen atoms in total. The molecule has 3 heterocycles. The van der Waals surface area contributed by atoms with Crippen molar-refractivity contribution in [2.24, 2.45) is 0 Å². The third-order valence-electron chi connectivity index (χ3n) is 5.54. The van der Waals surface area contributed by atoms with E-state index in [2.05, 4.69) is 41.3 Å². The summed E-state index contributed by atoms with van der Waals surface area (Å²) in [6.07, 6.45) is 7.48. The van der Waals surface area contributed by atoms with Gasteiger partial charge in [-0.2, -0.15) is 5.10 Å². The highest BCUT2D eigenvalue weighted by Crippen LogP contribution is 2.29. The standard InChI is InChI=1S/C25H25N5O2/c1-17-4-8-20(9-5-17)24-25-27-23(28-30(25)12-13-32-24)11-7-19-6-10-21(22(14-19)31-3)29-15-18(2)26-16-29/h4-11,14-16,24H,12-13H2,1-3H3/b11-7+/t24-/m1/s1. The molecule has 0 N–H and O–H groups in total. The topological polar surface area (TPSA) is 67.0 Å². The van der Waals surface area contributed by atoms with Crippen LogP contribution in [0, 0.1) is 13.8 Å². The second-order valence-corrected chi connectivity index (χ2v) is 7.90. The molecule has 1 atom stereocenters. The van der Waals surface area contributed by atoms with Crippen LogP contribution in [0.3, 0.4) is 0 Å². The first-order chi connectivity index (χ1) is 15.6. The van der Waals surface area contributed by atoms with E-state index in [1.165, 1.54) is 5.56 Å². The van der Waals surface area contributed by atoms with Gasteiger partial charge in [-0.05, 0) is 43.2 Å². The van der Waals surface area contributed by atoms with E-state index in [4.69, 9.17) is 14.5 Å². The van der Waals surface area contributed by atoms with E-state index >= 15 is 0 Å². The van der Waals surface area contributed by atoms with Crippen LogP contribution < -0.4 is 4.74 Å². The van der Waals surface area contributed by atoms with Gasteiger partial charge in [0.05, 0.1) is 38.0 Å². The van der Waals surface area contributed by atoms with Crippen LogP contribution in [0.1, 0.15) is 40.1 Å². The van der Waals surface area contributed by atoms with Gasteiger partial charge < -0.3 is 14.0 Å². The van der Waals surface area contributed by atoms with E-state index in [1.54, 1.807) is 13.4 Å². The number of fused-ring (bicyclic) bond motifs is 1. The van der Waals surface area contributed by atoms with Crippen LogP contribution >= 0.6 is 0 Å². The molecule has 0 saturated heterocycles. The Hall–Kier alpha value is -3.71. The Morgan fingerprint density at radius 1 is 1.09 bits per heavy atom. The summed E-state index contributed by atoms with van der Waals surface area (Å²) in [7, 11) is 1.67. The SMILES string of the molecule is COc1cc(/C=C/c2nc3n(n2)CCO[C@@H]3c2ccc(C)cc2)ccc1-n1cnc(C)c1. The van der Waals surface area contributed by atoms with Crippen molar-refractivity contribution in [1.29, 1.82) is 0 Å². The number of hydrogen-bond donors (Lipinski definition) is 0. The van der Waals surface area contributed by atoms with Crippen molar-refractivity contribution in [2.45, 2.75) is 26.5 Å². The molecule has 162 valence electrons. The number of benzene rings is 2. The lowest BCUT2D eigenvalue weighted by Gasteiger charge is -2.23. The van der Waals surface area contributed by atoms with Crippen LogP contribution in [0.15, 0.2) is 55.0 Å². The third kappa shape index (κ3) is 3.94. The number of imidazole rings is 1. The van der Waals surface area contributed by atoms with Gasteiger partial charge in [0.25, 0.3) is 0 Å². The van der Waals surface area contributed by atoms with Crippen molar-refractivity contribution in [2.75, 3.05) is 13.7 Å². The lowest BCUT2D eigenvalue weighted by molar-refractivity contribution is 0.0389. The Labute approximate surface area is 187 Å². The number of hydrogen-bond acceptors (Lipinski definition) is 5. The Morgan fingerprint density at radius 3 is 2.69 bits per heavy atom. The van der Waals surface area contributed by atoms with Crippen molar-refractivity contribution >= 4 is 12.2 Å². The van der Waals surface area contributed by atoms with E-state index < -0.39 is 0 Å². The van der Waals surface area contributed by atoms with E-state index in [-0.39, 0.29) is 6.10 Å².